The number of phosphoric ester groups is 1. The van der Waals surface area contributed by atoms with Gasteiger partial charge in [-0.25, -0.2) is 0 Å². The summed E-state index contributed by atoms with van der Waals surface area (Å²) < 4.78 is 33.0. The van der Waals surface area contributed by atoms with E-state index in [9.17, 15) is 4.57 Å². The summed E-state index contributed by atoms with van der Waals surface area (Å²) in [5, 5.41) is 0. The zero-order valence-corrected chi connectivity index (χ0v) is 23.5. The average molecular weight is 469 g/mol. The zero-order chi connectivity index (χ0) is 23.3. The molecule has 0 radical (unpaired) electrons. The van der Waals surface area contributed by atoms with E-state index < -0.39 is 14.7 Å². The second kappa shape index (κ2) is 14.6. The van der Waals surface area contributed by atoms with Crippen LogP contribution in [0.2, 0.25) is 0 Å². The fourth-order valence-electron chi connectivity index (χ4n) is 4.98. The molecule has 0 fully saturated rings. The molecule has 184 valence electrons. The summed E-state index contributed by atoms with van der Waals surface area (Å²) in [5.74, 6) is 1.45. The first-order valence-electron chi connectivity index (χ1n) is 12.6. The van der Waals surface area contributed by atoms with Crippen molar-refractivity contribution in [2.75, 3.05) is 37.9 Å². The fourth-order valence-corrected chi connectivity index (χ4v) is 17.2. The summed E-state index contributed by atoms with van der Waals surface area (Å²) in [6.07, 6.45) is 9.98. The predicted octanol–water partition coefficient (Wildman–Crippen LogP) is 8.98. The van der Waals surface area contributed by atoms with E-state index in [0.29, 0.717) is 31.0 Å². The summed E-state index contributed by atoms with van der Waals surface area (Å²) in [6.45, 7) is 18.2. The van der Waals surface area contributed by atoms with Gasteiger partial charge in [0, 0.05) is 0 Å². The normalized spacial score (nSPS) is 14.6. The summed E-state index contributed by atoms with van der Waals surface area (Å²) >= 11 is 0. The van der Waals surface area contributed by atoms with Crippen molar-refractivity contribution in [3.05, 3.63) is 0 Å². The van der Waals surface area contributed by atoms with Crippen molar-refractivity contribution in [1.29, 1.82) is 0 Å². The van der Waals surface area contributed by atoms with Crippen LogP contribution in [-0.4, -0.2) is 37.9 Å². The first-order chi connectivity index (χ1) is 14.0. The molecule has 0 amide bonds. The average Bonchev–Trinajstić information content (AvgIpc) is 2.58. The van der Waals surface area contributed by atoms with Gasteiger partial charge in [-0.15, -0.1) is 0 Å². The first kappa shape index (κ1) is 30.5. The van der Waals surface area contributed by atoms with Crippen molar-refractivity contribution in [2.24, 2.45) is 17.8 Å². The van der Waals surface area contributed by atoms with Crippen LogP contribution in [0.4, 0.5) is 0 Å². The molecule has 0 aliphatic carbocycles. The molecule has 0 heterocycles. The second-order valence-corrected chi connectivity index (χ2v) is 17.9. The number of unbranched alkanes of at least 4 members (excludes halogenated alkanes) is 3. The van der Waals surface area contributed by atoms with E-state index in [0.717, 1.165) is 63.2 Å². The van der Waals surface area contributed by atoms with Crippen LogP contribution < -0.4 is 0 Å². The molecule has 6 heteroatoms. The zero-order valence-electron chi connectivity index (χ0n) is 21.7. The monoisotopic (exact) mass is 468 g/mol. The molecule has 0 aromatic carbocycles. The van der Waals surface area contributed by atoms with Crippen molar-refractivity contribution >= 4 is 14.7 Å². The standard InChI is InChI=1S/C24H54O4P2/c1-10-13-16-26-29(25,27-17-14-11-2)28-30(18-15-12-3,19-22(4)5,20-23(6)7)21-24(8)9/h22-24H,10-21H2,1-9H3. The molecule has 0 aliphatic heterocycles. The van der Waals surface area contributed by atoms with Crippen molar-refractivity contribution < 1.29 is 17.9 Å². The third kappa shape index (κ3) is 11.4. The molecule has 30 heavy (non-hydrogen) atoms. The van der Waals surface area contributed by atoms with E-state index >= 15 is 0 Å². The molecular weight excluding hydrogens is 414 g/mol. The van der Waals surface area contributed by atoms with Gasteiger partial charge < -0.3 is 0 Å². The van der Waals surface area contributed by atoms with Gasteiger partial charge in [-0.1, -0.05) is 0 Å². The number of phosphoric acid groups is 1. The van der Waals surface area contributed by atoms with E-state index in [-0.39, 0.29) is 0 Å². The van der Waals surface area contributed by atoms with Gasteiger partial charge in [0.1, 0.15) is 0 Å². The van der Waals surface area contributed by atoms with Gasteiger partial charge in [-0.3, -0.25) is 0 Å². The van der Waals surface area contributed by atoms with Crippen LogP contribution in [0, 0.1) is 17.8 Å². The Labute approximate surface area is 189 Å². The number of hydrogen-bond acceptors (Lipinski definition) is 4. The van der Waals surface area contributed by atoms with Gasteiger partial charge in [-0.2, -0.15) is 0 Å². The Bertz CT molecular complexity index is 448. The summed E-state index contributed by atoms with van der Waals surface area (Å²) in [5.41, 5.74) is 0. The first-order valence-corrected chi connectivity index (χ1v) is 16.9. The third-order valence-corrected chi connectivity index (χ3v) is 15.4. The molecule has 0 spiro atoms. The van der Waals surface area contributed by atoms with E-state index in [4.69, 9.17) is 13.4 Å². The molecule has 0 bridgehead atoms. The van der Waals surface area contributed by atoms with Gasteiger partial charge in [-0.05, 0) is 0 Å². The van der Waals surface area contributed by atoms with Gasteiger partial charge >= 0.3 is 189 Å². The Morgan fingerprint density at radius 2 is 1.03 bits per heavy atom. The van der Waals surface area contributed by atoms with Crippen molar-refractivity contribution in [2.45, 2.75) is 101 Å². The summed E-state index contributed by atoms with van der Waals surface area (Å²) in [6, 6.07) is 0. The molecule has 0 saturated heterocycles. The van der Waals surface area contributed by atoms with Crippen molar-refractivity contribution in [3.8, 4) is 0 Å². The molecule has 0 atom stereocenters. The van der Waals surface area contributed by atoms with E-state index in [2.05, 4.69) is 62.3 Å². The SMILES string of the molecule is CCCCOP(=O)(OCCCC)OP(CCCC)(CC(C)C)(CC(C)C)CC(C)C. The second-order valence-electron chi connectivity index (χ2n) is 10.6. The molecule has 0 unspecified atom stereocenters. The minimum atomic E-state index is -3.62. The summed E-state index contributed by atoms with van der Waals surface area (Å²) in [7, 11) is -3.62. The molecule has 0 N–H and O–H groups in total. The van der Waals surface area contributed by atoms with E-state index in [1.807, 2.05) is 0 Å². The quantitative estimate of drug-likeness (QED) is 0.140. The Morgan fingerprint density at radius 3 is 1.33 bits per heavy atom. The maximum atomic E-state index is 14.1. The van der Waals surface area contributed by atoms with Gasteiger partial charge in [0.15, 0.2) is 0 Å². The summed E-state index contributed by atoms with van der Waals surface area (Å²) in [4.78, 5) is 0. The van der Waals surface area contributed by atoms with Crippen molar-refractivity contribution in [3.63, 3.8) is 0 Å². The Kier molecular flexibility index (Phi) is 14.9. The van der Waals surface area contributed by atoms with Gasteiger partial charge in [0.05, 0.1) is 0 Å². The van der Waals surface area contributed by atoms with Crippen LogP contribution in [0.1, 0.15) is 101 Å². The van der Waals surface area contributed by atoms with Crippen LogP contribution in [0.3, 0.4) is 0 Å². The van der Waals surface area contributed by atoms with Crippen LogP contribution >= 0.6 is 14.7 Å². The molecule has 0 aliphatic rings. The third-order valence-electron chi connectivity index (χ3n) is 5.38. The van der Waals surface area contributed by atoms with Gasteiger partial charge in [0.2, 0.25) is 0 Å². The van der Waals surface area contributed by atoms with Crippen LogP contribution in [-0.2, 0) is 17.9 Å². The minimum absolute atomic E-state index is 0.436. The Balaban J connectivity index is 6.34. The molecule has 4 nitrogen and oxygen atoms in total. The fraction of sp³-hybridized carbons (Fsp3) is 1.00. The van der Waals surface area contributed by atoms with Gasteiger partial charge in [0.25, 0.3) is 0 Å². The predicted molar refractivity (Wildman–Crippen MR) is 136 cm³/mol. The van der Waals surface area contributed by atoms with Crippen LogP contribution in [0.5, 0.6) is 0 Å². The Morgan fingerprint density at radius 1 is 0.667 bits per heavy atom. The number of hydrogen-bond donors (Lipinski definition) is 0. The maximum absolute atomic E-state index is 14.1. The molecule has 0 aromatic heterocycles. The topological polar surface area (TPSA) is 44.8 Å². The van der Waals surface area contributed by atoms with E-state index in [1.165, 1.54) is 0 Å². The van der Waals surface area contributed by atoms with Crippen molar-refractivity contribution in [1.82, 2.24) is 0 Å². The van der Waals surface area contributed by atoms with Crippen LogP contribution in [0.25, 0.3) is 0 Å². The van der Waals surface area contributed by atoms with E-state index in [1.54, 1.807) is 0 Å². The molecule has 0 saturated carbocycles. The molecule has 0 aromatic rings. The Hall–Kier alpha value is 0.540. The molecule has 0 rings (SSSR count). The van der Waals surface area contributed by atoms with Crippen LogP contribution in [0.15, 0.2) is 0 Å². The number of rotatable bonds is 19. The molecular formula is C24H54O4P2.